The van der Waals surface area contributed by atoms with Crippen molar-refractivity contribution >= 4 is 12.4 Å². The Morgan fingerprint density at radius 2 is 2.04 bits per heavy atom. The molecule has 1 aliphatic heterocycles. The summed E-state index contributed by atoms with van der Waals surface area (Å²) < 4.78 is 10.5. The predicted molar refractivity (Wildman–Crippen MR) is 91.5 cm³/mol. The van der Waals surface area contributed by atoms with E-state index in [1.807, 2.05) is 24.3 Å². The molecule has 0 bridgehead atoms. The van der Waals surface area contributed by atoms with E-state index in [2.05, 4.69) is 25.7 Å². The summed E-state index contributed by atoms with van der Waals surface area (Å²) >= 11 is 0. The van der Waals surface area contributed by atoms with E-state index >= 15 is 0 Å². The van der Waals surface area contributed by atoms with Crippen molar-refractivity contribution in [3.05, 3.63) is 48.0 Å². The lowest BCUT2D eigenvalue weighted by atomic mass is 9.85. The van der Waals surface area contributed by atoms with Gasteiger partial charge in [-0.3, -0.25) is 9.59 Å². The van der Waals surface area contributed by atoms with E-state index in [-0.39, 0.29) is 18.5 Å². The molecule has 2 rings (SSSR count). The van der Waals surface area contributed by atoms with Crippen molar-refractivity contribution < 1.29 is 19.1 Å². The maximum atomic E-state index is 12.3. The van der Waals surface area contributed by atoms with Gasteiger partial charge in [-0.15, -0.1) is 0 Å². The van der Waals surface area contributed by atoms with E-state index in [9.17, 15) is 9.59 Å². The third kappa shape index (κ3) is 4.03. The summed E-state index contributed by atoms with van der Waals surface area (Å²) in [6.07, 6.45) is 2.99. The number of carbonyl (C=O) groups is 2. The zero-order chi connectivity index (χ0) is 17.6. The van der Waals surface area contributed by atoms with Crippen LogP contribution < -0.4 is 5.32 Å². The number of benzene rings is 1. The Morgan fingerprint density at radius 3 is 2.50 bits per heavy atom. The van der Waals surface area contributed by atoms with Crippen LogP contribution in [0.3, 0.4) is 0 Å². The van der Waals surface area contributed by atoms with E-state index in [4.69, 9.17) is 9.47 Å². The second-order valence-corrected chi connectivity index (χ2v) is 6.56. The van der Waals surface area contributed by atoms with Gasteiger partial charge in [0, 0.05) is 0 Å². The Kier molecular flexibility index (Phi) is 6.15. The van der Waals surface area contributed by atoms with Gasteiger partial charge in [0.1, 0.15) is 12.1 Å². The Bertz CT molecular complexity index is 576. The van der Waals surface area contributed by atoms with Gasteiger partial charge in [-0.05, 0) is 23.5 Å². The largest absolute Gasteiger partial charge is 0.461 e. The minimum Gasteiger partial charge on any atom is -0.461 e. The van der Waals surface area contributed by atoms with Gasteiger partial charge in [0.2, 0.25) is 6.41 Å². The summed E-state index contributed by atoms with van der Waals surface area (Å²) in [6, 6.07) is 7.76. The van der Waals surface area contributed by atoms with Crippen LogP contribution in [-0.4, -0.2) is 32.2 Å². The van der Waals surface area contributed by atoms with E-state index in [0.717, 1.165) is 17.5 Å². The minimum atomic E-state index is -0.447. The molecule has 0 spiro atoms. The molecular weight excluding hydrogens is 306 g/mol. The van der Waals surface area contributed by atoms with Gasteiger partial charge < -0.3 is 14.8 Å². The van der Waals surface area contributed by atoms with Crippen LogP contribution in [-0.2, 0) is 24.6 Å². The fraction of sp³-hybridized carbons (Fsp3) is 0.474. The number of hydrogen-bond donors (Lipinski definition) is 1. The molecule has 0 aliphatic carbocycles. The van der Waals surface area contributed by atoms with Crippen LogP contribution in [0, 0.1) is 5.92 Å². The molecule has 1 aliphatic rings. The molecule has 130 valence electrons. The zero-order valence-corrected chi connectivity index (χ0v) is 14.3. The Balaban J connectivity index is 2.19. The molecule has 5 heteroatoms. The van der Waals surface area contributed by atoms with Gasteiger partial charge in [0.05, 0.1) is 19.1 Å². The highest BCUT2D eigenvalue weighted by Gasteiger charge is 2.40. The number of ether oxygens (including phenoxy) is 2. The lowest BCUT2D eigenvalue weighted by Crippen LogP contribution is -2.57. The van der Waals surface area contributed by atoms with Gasteiger partial charge in [-0.25, -0.2) is 0 Å². The van der Waals surface area contributed by atoms with E-state index < -0.39 is 5.54 Å². The number of nitrogens with one attached hydrogen (secondary N) is 1. The Labute approximate surface area is 143 Å². The minimum absolute atomic E-state index is 0.217. The molecule has 24 heavy (non-hydrogen) atoms. The van der Waals surface area contributed by atoms with Gasteiger partial charge in [-0.2, -0.15) is 0 Å². The maximum absolute atomic E-state index is 12.3. The van der Waals surface area contributed by atoms with Crippen LogP contribution in [0.4, 0.5) is 0 Å². The van der Waals surface area contributed by atoms with Crippen LogP contribution in [0.5, 0.6) is 0 Å². The molecule has 0 radical (unpaired) electrons. The molecule has 1 aromatic rings. The third-order valence-corrected chi connectivity index (χ3v) is 4.23. The molecule has 1 atom stereocenters. The third-order valence-electron chi connectivity index (χ3n) is 4.23. The average molecular weight is 331 g/mol. The van der Waals surface area contributed by atoms with Crippen molar-refractivity contribution in [1.29, 1.82) is 0 Å². The summed E-state index contributed by atoms with van der Waals surface area (Å²) in [5, 5.41) is 2.84. The molecule has 5 nitrogen and oxygen atoms in total. The van der Waals surface area contributed by atoms with Crippen LogP contribution in [0.25, 0.3) is 0 Å². The first kappa shape index (κ1) is 18.2. The van der Waals surface area contributed by atoms with Crippen molar-refractivity contribution in [2.75, 3.05) is 19.8 Å². The number of amides is 1. The highest BCUT2D eigenvalue weighted by atomic mass is 16.5. The molecule has 1 heterocycles. The van der Waals surface area contributed by atoms with Crippen molar-refractivity contribution in [3.63, 3.8) is 0 Å². The first-order chi connectivity index (χ1) is 11.5. The molecule has 1 N–H and O–H groups in total. The van der Waals surface area contributed by atoms with Gasteiger partial charge in [0.25, 0.3) is 0 Å². The van der Waals surface area contributed by atoms with E-state index in [1.54, 1.807) is 6.08 Å². The molecule has 1 saturated heterocycles. The number of rotatable bonds is 9. The summed E-state index contributed by atoms with van der Waals surface area (Å²) in [7, 11) is 0. The van der Waals surface area contributed by atoms with Crippen molar-refractivity contribution in [2.24, 2.45) is 5.92 Å². The Morgan fingerprint density at radius 1 is 1.38 bits per heavy atom. The fourth-order valence-electron chi connectivity index (χ4n) is 2.87. The predicted octanol–water partition coefficient (Wildman–Crippen LogP) is 2.52. The van der Waals surface area contributed by atoms with Gasteiger partial charge in [-0.1, -0.05) is 50.8 Å². The lowest BCUT2D eigenvalue weighted by molar-refractivity contribution is -0.144. The second kappa shape index (κ2) is 8.11. The molecule has 0 aromatic heterocycles. The highest BCUT2D eigenvalue weighted by Crippen LogP contribution is 2.32. The first-order valence-electron chi connectivity index (χ1n) is 8.19. The quantitative estimate of drug-likeness (QED) is 0.429. The fourth-order valence-corrected chi connectivity index (χ4v) is 2.87. The summed E-state index contributed by atoms with van der Waals surface area (Å²) in [5.41, 5.74) is 1.45. The summed E-state index contributed by atoms with van der Waals surface area (Å²) in [6.45, 7) is 8.87. The topological polar surface area (TPSA) is 64.6 Å². The van der Waals surface area contributed by atoms with Crippen LogP contribution in [0.2, 0.25) is 0 Å². The summed E-state index contributed by atoms with van der Waals surface area (Å²) in [4.78, 5) is 23.2. The molecule has 0 saturated carbocycles. The molecule has 1 fully saturated rings. The van der Waals surface area contributed by atoms with Crippen molar-refractivity contribution in [3.8, 4) is 0 Å². The number of carbonyl (C=O) groups excluding carboxylic acids is 2. The maximum Gasteiger partial charge on any atom is 0.313 e. The average Bonchev–Trinajstić information content (AvgIpc) is 2.54. The Hall–Kier alpha value is -2.14. The summed E-state index contributed by atoms with van der Waals surface area (Å²) in [5.74, 6) is -0.162. The number of esters is 1. The second-order valence-electron chi connectivity index (χ2n) is 6.56. The SMILES string of the molecule is C=CCOC(=O)C(CC(C)C)c1ccc(C2(NC=O)COC2)cc1. The van der Waals surface area contributed by atoms with Crippen molar-refractivity contribution in [1.82, 2.24) is 5.32 Å². The monoisotopic (exact) mass is 331 g/mol. The molecule has 1 aromatic carbocycles. The molecule has 1 unspecified atom stereocenters. The van der Waals surface area contributed by atoms with Crippen molar-refractivity contribution in [2.45, 2.75) is 31.7 Å². The van der Waals surface area contributed by atoms with Gasteiger partial charge >= 0.3 is 5.97 Å². The smallest absolute Gasteiger partial charge is 0.313 e. The van der Waals surface area contributed by atoms with Gasteiger partial charge in [0.15, 0.2) is 0 Å². The van der Waals surface area contributed by atoms with E-state index in [1.165, 1.54) is 0 Å². The first-order valence-corrected chi connectivity index (χ1v) is 8.19. The normalized spacial score (nSPS) is 16.8. The standard InChI is InChI=1S/C19H25NO4/c1-4-9-24-18(22)17(10-14(2)3)15-5-7-16(8-6-15)19(20-13-21)11-23-12-19/h4-8,13-14,17H,1,9-12H2,2-3H3,(H,20,21). The number of hydrogen-bond acceptors (Lipinski definition) is 4. The lowest BCUT2D eigenvalue weighted by Gasteiger charge is -2.41. The zero-order valence-electron chi connectivity index (χ0n) is 14.3. The molecular formula is C19H25NO4. The molecule has 1 amide bonds. The van der Waals surface area contributed by atoms with Crippen LogP contribution >= 0.6 is 0 Å². The van der Waals surface area contributed by atoms with E-state index in [0.29, 0.717) is 25.5 Å². The van der Waals surface area contributed by atoms with Crippen LogP contribution in [0.15, 0.2) is 36.9 Å². The van der Waals surface area contributed by atoms with Crippen LogP contribution in [0.1, 0.15) is 37.3 Å². The highest BCUT2D eigenvalue weighted by molar-refractivity contribution is 5.78.